The molecular formula is C31H29N2O4P. The second kappa shape index (κ2) is 13.2. The molecule has 0 aliphatic carbocycles. The van der Waals surface area contributed by atoms with Crippen molar-refractivity contribution in [1.29, 1.82) is 0 Å². The first-order valence-corrected chi connectivity index (χ1v) is 14.0. The highest BCUT2D eigenvalue weighted by Crippen LogP contribution is 2.46. The highest BCUT2D eigenvalue weighted by molar-refractivity contribution is 7.87. The number of carbonyl (C=O) groups excluding carboxylic acids is 2. The molecule has 0 aliphatic heterocycles. The van der Waals surface area contributed by atoms with Gasteiger partial charge in [0.25, 0.3) is 0 Å². The number of ether oxygens (including phenoxy) is 2. The van der Waals surface area contributed by atoms with Gasteiger partial charge in [-0.15, -0.1) is 0 Å². The molecule has 38 heavy (non-hydrogen) atoms. The van der Waals surface area contributed by atoms with E-state index in [-0.39, 0.29) is 18.9 Å². The Balaban J connectivity index is 1.82. The number of esters is 1. The lowest BCUT2D eigenvalue weighted by atomic mass is 10.2. The fourth-order valence-corrected chi connectivity index (χ4v) is 7.33. The number of alkyl carbamates (subject to hydrolysis) is 1. The summed E-state index contributed by atoms with van der Waals surface area (Å²) in [6, 6.07) is 39.2. The maximum atomic E-state index is 12.9. The Morgan fingerprint density at radius 3 is 1.61 bits per heavy atom. The van der Waals surface area contributed by atoms with Gasteiger partial charge in [-0.2, -0.15) is 0 Å². The lowest BCUT2D eigenvalue weighted by Gasteiger charge is -2.26. The Hall–Kier alpha value is -4.41. The van der Waals surface area contributed by atoms with Crippen LogP contribution in [0.1, 0.15) is 12.5 Å². The van der Waals surface area contributed by atoms with E-state index in [1.165, 1.54) is 6.20 Å². The molecule has 4 aromatic rings. The number of nitrogens with one attached hydrogen (secondary N) is 1. The summed E-state index contributed by atoms with van der Waals surface area (Å²) in [4.78, 5) is 25.5. The van der Waals surface area contributed by atoms with E-state index in [4.69, 9.17) is 14.2 Å². The van der Waals surface area contributed by atoms with Crippen molar-refractivity contribution < 1.29 is 19.1 Å². The first-order chi connectivity index (χ1) is 18.6. The van der Waals surface area contributed by atoms with Crippen LogP contribution in [0.15, 0.2) is 138 Å². The van der Waals surface area contributed by atoms with Crippen LogP contribution < -0.4 is 21.2 Å². The Bertz CT molecular complexity index is 1320. The molecule has 4 rings (SSSR count). The molecule has 0 saturated heterocycles. The van der Waals surface area contributed by atoms with Gasteiger partial charge in [0.05, 0.1) is 19.9 Å². The molecule has 7 heteroatoms. The lowest BCUT2D eigenvalue weighted by Crippen LogP contribution is -2.29. The molecule has 0 saturated carbocycles. The van der Waals surface area contributed by atoms with E-state index >= 15 is 0 Å². The quantitative estimate of drug-likeness (QED) is 0.178. The van der Waals surface area contributed by atoms with Crippen LogP contribution in [-0.2, 0) is 20.9 Å². The maximum absolute atomic E-state index is 12.9. The predicted octanol–water partition coefficient (Wildman–Crippen LogP) is 5.50. The van der Waals surface area contributed by atoms with Crippen molar-refractivity contribution in [2.75, 3.05) is 6.61 Å². The molecular weight excluding hydrogens is 495 g/mol. The van der Waals surface area contributed by atoms with E-state index < -0.39 is 19.1 Å². The van der Waals surface area contributed by atoms with E-state index in [1.54, 1.807) is 6.92 Å². The molecule has 4 aromatic carbocycles. The molecule has 0 aliphatic rings. The zero-order chi connectivity index (χ0) is 26.6. The van der Waals surface area contributed by atoms with Gasteiger partial charge in [-0.1, -0.05) is 121 Å². The molecule has 1 amide bonds. The standard InChI is InChI=1S/C31H29N2O4P/c1-2-36-30(34)29(33-31(35)37-24-25-15-7-3-8-16-25)23-32-38(26-17-9-4-10-18-26,27-19-11-5-12-20-27)28-21-13-6-14-22-28/h3-23H,2,24H2,1H3,(H,33,35)/b29-23-. The van der Waals surface area contributed by atoms with Gasteiger partial charge in [0, 0.05) is 15.9 Å². The summed E-state index contributed by atoms with van der Waals surface area (Å²) in [5.41, 5.74) is 0.730. The normalized spacial score (nSPS) is 11.3. The van der Waals surface area contributed by atoms with Crippen molar-refractivity contribution in [3.05, 3.63) is 139 Å². The molecule has 6 nitrogen and oxygen atoms in total. The van der Waals surface area contributed by atoms with Gasteiger partial charge in [0.1, 0.15) is 12.3 Å². The second-order valence-electron chi connectivity index (χ2n) is 8.21. The van der Waals surface area contributed by atoms with Crippen LogP contribution in [0.2, 0.25) is 0 Å². The topological polar surface area (TPSA) is 77.0 Å². The van der Waals surface area contributed by atoms with Crippen LogP contribution >= 0.6 is 7.05 Å². The van der Waals surface area contributed by atoms with Gasteiger partial charge in [0.15, 0.2) is 0 Å². The van der Waals surface area contributed by atoms with Crippen LogP contribution in [0.3, 0.4) is 0 Å². The van der Waals surface area contributed by atoms with Gasteiger partial charge in [-0.05, 0) is 12.5 Å². The monoisotopic (exact) mass is 524 g/mol. The second-order valence-corrected chi connectivity index (χ2v) is 11.3. The smallest absolute Gasteiger partial charge is 0.412 e. The summed E-state index contributed by atoms with van der Waals surface area (Å²) in [6.07, 6.45) is 0.633. The number of hydrogen-bond donors (Lipinski definition) is 1. The average Bonchev–Trinajstić information content (AvgIpc) is 2.98. The van der Waals surface area contributed by atoms with E-state index in [1.807, 2.05) is 121 Å². The predicted molar refractivity (Wildman–Crippen MR) is 152 cm³/mol. The molecule has 0 radical (unpaired) electrons. The summed E-state index contributed by atoms with van der Waals surface area (Å²) in [6.45, 7) is 1.91. The zero-order valence-electron chi connectivity index (χ0n) is 21.1. The third-order valence-corrected chi connectivity index (χ3v) is 9.29. The number of rotatable bonds is 9. The Morgan fingerprint density at radius 2 is 1.16 bits per heavy atom. The van der Waals surface area contributed by atoms with Gasteiger partial charge in [-0.3, -0.25) is 10.1 Å². The fourth-order valence-electron chi connectivity index (χ4n) is 3.94. The third kappa shape index (κ3) is 6.47. The summed E-state index contributed by atoms with van der Waals surface area (Å²) in [5, 5.41) is 5.56. The van der Waals surface area contributed by atoms with Crippen molar-refractivity contribution in [3.63, 3.8) is 0 Å². The van der Waals surface area contributed by atoms with Crippen LogP contribution in [-0.4, -0.2) is 18.7 Å². The minimum absolute atomic E-state index is 0.0644. The molecule has 0 unspecified atom stereocenters. The van der Waals surface area contributed by atoms with E-state index in [0.29, 0.717) is 0 Å². The average molecular weight is 525 g/mol. The van der Waals surface area contributed by atoms with Crippen LogP contribution in [0.25, 0.3) is 0 Å². The first-order valence-electron chi connectivity index (χ1n) is 12.3. The molecule has 0 bridgehead atoms. The fraction of sp³-hybridized carbons (Fsp3) is 0.0968. The third-order valence-electron chi connectivity index (χ3n) is 5.69. The van der Waals surface area contributed by atoms with Crippen LogP contribution in [0.4, 0.5) is 4.79 Å². The summed E-state index contributed by atoms with van der Waals surface area (Å²) in [5.74, 6) is -0.694. The summed E-state index contributed by atoms with van der Waals surface area (Å²) < 4.78 is 15.7. The van der Waals surface area contributed by atoms with Crippen molar-refractivity contribution >= 4 is 35.0 Å². The highest BCUT2D eigenvalue weighted by Gasteiger charge is 2.27. The molecule has 1 N–H and O–H groups in total. The van der Waals surface area contributed by atoms with Crippen LogP contribution in [0.5, 0.6) is 0 Å². The number of carbonyl (C=O) groups is 2. The summed E-state index contributed by atoms with van der Waals surface area (Å²) in [7, 11) is -2.62. The van der Waals surface area contributed by atoms with Gasteiger partial charge in [0.2, 0.25) is 0 Å². The van der Waals surface area contributed by atoms with Crippen LogP contribution in [0, 0.1) is 0 Å². The lowest BCUT2D eigenvalue weighted by molar-refractivity contribution is -0.138. The Morgan fingerprint density at radius 1 is 0.711 bits per heavy atom. The minimum Gasteiger partial charge on any atom is -0.461 e. The minimum atomic E-state index is -2.62. The van der Waals surface area contributed by atoms with Gasteiger partial charge < -0.3 is 9.47 Å². The zero-order valence-corrected chi connectivity index (χ0v) is 22.0. The Kier molecular flexibility index (Phi) is 9.27. The Labute approximate surface area is 223 Å². The highest BCUT2D eigenvalue weighted by atomic mass is 31.2. The number of benzene rings is 4. The first kappa shape index (κ1) is 26.6. The van der Waals surface area contributed by atoms with Crippen molar-refractivity contribution in [2.24, 2.45) is 4.74 Å². The number of hydrogen-bond acceptors (Lipinski definition) is 5. The molecule has 0 fully saturated rings. The largest absolute Gasteiger partial charge is 0.461 e. The SMILES string of the molecule is CCOC(=O)/C(=C/N=P(c1ccccc1)(c1ccccc1)c1ccccc1)NC(=O)OCc1ccccc1. The summed E-state index contributed by atoms with van der Waals surface area (Å²) >= 11 is 0. The molecule has 192 valence electrons. The van der Waals surface area contributed by atoms with E-state index in [2.05, 4.69) is 5.32 Å². The van der Waals surface area contributed by atoms with Crippen molar-refractivity contribution in [2.45, 2.75) is 13.5 Å². The van der Waals surface area contributed by atoms with Crippen molar-refractivity contribution in [3.8, 4) is 0 Å². The van der Waals surface area contributed by atoms with Gasteiger partial charge in [-0.25, -0.2) is 9.59 Å². The number of nitrogens with zero attached hydrogens (tertiary/aromatic N) is 1. The van der Waals surface area contributed by atoms with Crippen molar-refractivity contribution in [1.82, 2.24) is 5.32 Å². The maximum Gasteiger partial charge on any atom is 0.412 e. The number of amides is 1. The molecule has 0 heterocycles. The van der Waals surface area contributed by atoms with E-state index in [9.17, 15) is 9.59 Å². The molecule has 0 aromatic heterocycles. The van der Waals surface area contributed by atoms with E-state index in [0.717, 1.165) is 21.5 Å². The molecule has 0 atom stereocenters. The molecule has 0 spiro atoms. The van der Waals surface area contributed by atoms with Gasteiger partial charge >= 0.3 is 12.1 Å².